The Labute approximate surface area is 159 Å². The molecule has 1 N–H and O–H groups in total. The quantitative estimate of drug-likeness (QED) is 0.744. The number of aromatic amines is 1. The fourth-order valence-electron chi connectivity index (χ4n) is 3.28. The molecule has 0 unspecified atom stereocenters. The first-order valence-electron chi connectivity index (χ1n) is 8.70. The van der Waals surface area contributed by atoms with Gasteiger partial charge < -0.3 is 9.80 Å². The van der Waals surface area contributed by atoms with Crippen LogP contribution in [0.3, 0.4) is 0 Å². The Kier molecular flexibility index (Phi) is 4.72. The first kappa shape index (κ1) is 17.4. The number of piperazine rings is 1. The molecule has 8 heteroatoms. The lowest BCUT2D eigenvalue weighted by Gasteiger charge is -2.34. The summed E-state index contributed by atoms with van der Waals surface area (Å²) in [7, 11) is 0. The Bertz CT molecular complexity index is 1040. The number of nitrogens with one attached hydrogen (secondary N) is 1. The number of fused-ring (bicyclic) bond motifs is 1. The minimum atomic E-state index is -0.262. The molecule has 1 fully saturated rings. The van der Waals surface area contributed by atoms with Gasteiger partial charge in [-0.3, -0.25) is 14.4 Å². The number of rotatable bonds is 3. The number of hydrogen-bond donors (Lipinski definition) is 1. The van der Waals surface area contributed by atoms with Crippen LogP contribution in [0, 0.1) is 0 Å². The van der Waals surface area contributed by atoms with Crippen LogP contribution in [0.4, 0.5) is 0 Å². The molecular weight excluding hydrogens is 364 g/mol. The Morgan fingerprint density at radius 2 is 1.70 bits per heavy atom. The second kappa shape index (κ2) is 7.32. The van der Waals surface area contributed by atoms with E-state index < -0.39 is 0 Å². The average molecular weight is 382 g/mol. The predicted molar refractivity (Wildman–Crippen MR) is 103 cm³/mol. The molecule has 1 saturated heterocycles. The Morgan fingerprint density at radius 3 is 2.41 bits per heavy atom. The highest BCUT2D eigenvalue weighted by molar-refractivity contribution is 7.12. The van der Waals surface area contributed by atoms with Gasteiger partial charge in [-0.25, -0.2) is 5.10 Å². The van der Waals surface area contributed by atoms with Crippen molar-refractivity contribution in [3.8, 4) is 0 Å². The van der Waals surface area contributed by atoms with E-state index in [0.29, 0.717) is 42.6 Å². The molecule has 2 amide bonds. The SMILES string of the molecule is O=C(Cc1n[nH]c(=O)c2ccccc12)N1CCN(C(=O)c2cccs2)CC1. The molecule has 2 aromatic heterocycles. The summed E-state index contributed by atoms with van der Waals surface area (Å²) >= 11 is 1.43. The number of hydrogen-bond acceptors (Lipinski definition) is 5. The first-order valence-corrected chi connectivity index (χ1v) is 9.58. The minimum absolute atomic E-state index is 0.0189. The van der Waals surface area contributed by atoms with Gasteiger partial charge in [0.2, 0.25) is 5.91 Å². The van der Waals surface area contributed by atoms with E-state index in [9.17, 15) is 14.4 Å². The summed E-state index contributed by atoms with van der Waals surface area (Å²) in [5, 5.41) is 9.64. The fourth-order valence-corrected chi connectivity index (χ4v) is 3.97. The van der Waals surface area contributed by atoms with Crippen LogP contribution in [-0.2, 0) is 11.2 Å². The van der Waals surface area contributed by atoms with Crippen LogP contribution in [0.5, 0.6) is 0 Å². The zero-order valence-electron chi connectivity index (χ0n) is 14.6. The van der Waals surface area contributed by atoms with Gasteiger partial charge in [-0.1, -0.05) is 24.3 Å². The number of H-pyrrole nitrogens is 1. The second-order valence-corrected chi connectivity index (χ2v) is 7.32. The van der Waals surface area contributed by atoms with Crippen LogP contribution in [0.15, 0.2) is 46.6 Å². The van der Waals surface area contributed by atoms with Gasteiger partial charge in [0.25, 0.3) is 11.5 Å². The molecule has 1 aliphatic heterocycles. The van der Waals surface area contributed by atoms with Crippen LogP contribution >= 0.6 is 11.3 Å². The molecule has 3 heterocycles. The van der Waals surface area contributed by atoms with Crippen molar-refractivity contribution in [2.45, 2.75) is 6.42 Å². The summed E-state index contributed by atoms with van der Waals surface area (Å²) in [6, 6.07) is 10.8. The van der Waals surface area contributed by atoms with Crippen LogP contribution in [0.2, 0.25) is 0 Å². The monoisotopic (exact) mass is 382 g/mol. The molecule has 0 bridgehead atoms. The van der Waals surface area contributed by atoms with E-state index in [2.05, 4.69) is 10.2 Å². The number of benzene rings is 1. The predicted octanol–water partition coefficient (Wildman–Crippen LogP) is 1.51. The third-order valence-electron chi connectivity index (χ3n) is 4.75. The summed E-state index contributed by atoms with van der Waals surface area (Å²) in [5.74, 6) is -0.0340. The van der Waals surface area contributed by atoms with E-state index >= 15 is 0 Å². The molecule has 0 spiro atoms. The molecule has 0 radical (unpaired) electrons. The lowest BCUT2D eigenvalue weighted by molar-refractivity contribution is -0.132. The standard InChI is InChI=1S/C19H18N4O3S/c24-17(12-15-13-4-1-2-5-14(13)18(25)21-20-15)22-7-9-23(10-8-22)19(26)16-6-3-11-27-16/h1-6,11H,7-10,12H2,(H,21,25). The van der Waals surface area contributed by atoms with E-state index in [4.69, 9.17) is 0 Å². The number of carbonyl (C=O) groups excluding carboxylic acids is 2. The van der Waals surface area contributed by atoms with Crippen molar-refractivity contribution in [2.24, 2.45) is 0 Å². The van der Waals surface area contributed by atoms with Gasteiger partial charge in [0.05, 0.1) is 22.4 Å². The molecule has 0 saturated carbocycles. The fraction of sp³-hybridized carbons (Fsp3) is 0.263. The topological polar surface area (TPSA) is 86.4 Å². The average Bonchev–Trinajstić information content (AvgIpc) is 3.25. The van der Waals surface area contributed by atoms with Gasteiger partial charge in [0.15, 0.2) is 0 Å². The molecular formula is C19H18N4O3S. The molecule has 27 heavy (non-hydrogen) atoms. The van der Waals surface area contributed by atoms with Gasteiger partial charge in [-0.05, 0) is 17.5 Å². The first-order chi connectivity index (χ1) is 13.1. The third kappa shape index (κ3) is 3.48. The summed E-state index contributed by atoms with van der Waals surface area (Å²) in [5.41, 5.74) is 0.301. The Balaban J connectivity index is 1.43. The van der Waals surface area contributed by atoms with Crippen molar-refractivity contribution in [3.63, 3.8) is 0 Å². The minimum Gasteiger partial charge on any atom is -0.339 e. The summed E-state index contributed by atoms with van der Waals surface area (Å²) in [6.07, 6.45) is 0.121. The highest BCUT2D eigenvalue weighted by Gasteiger charge is 2.25. The largest absolute Gasteiger partial charge is 0.339 e. The van der Waals surface area contributed by atoms with E-state index in [0.717, 1.165) is 4.88 Å². The van der Waals surface area contributed by atoms with Gasteiger partial charge in [0.1, 0.15) is 0 Å². The maximum Gasteiger partial charge on any atom is 0.272 e. The van der Waals surface area contributed by atoms with E-state index in [-0.39, 0.29) is 23.8 Å². The van der Waals surface area contributed by atoms with Crippen molar-refractivity contribution in [2.75, 3.05) is 26.2 Å². The lowest BCUT2D eigenvalue weighted by Crippen LogP contribution is -2.50. The van der Waals surface area contributed by atoms with Crippen LogP contribution in [-0.4, -0.2) is 58.0 Å². The maximum absolute atomic E-state index is 12.7. The highest BCUT2D eigenvalue weighted by atomic mass is 32.1. The molecule has 1 aliphatic rings. The molecule has 4 rings (SSSR count). The van der Waals surface area contributed by atoms with E-state index in [1.807, 2.05) is 23.6 Å². The van der Waals surface area contributed by atoms with Gasteiger partial charge in [-0.15, -0.1) is 11.3 Å². The van der Waals surface area contributed by atoms with Crippen LogP contribution in [0.25, 0.3) is 10.8 Å². The third-order valence-corrected chi connectivity index (χ3v) is 5.60. The highest BCUT2D eigenvalue weighted by Crippen LogP contribution is 2.16. The number of amides is 2. The summed E-state index contributed by atoms with van der Waals surface area (Å²) in [6.45, 7) is 2.03. The van der Waals surface area contributed by atoms with Crippen molar-refractivity contribution < 1.29 is 9.59 Å². The lowest BCUT2D eigenvalue weighted by atomic mass is 10.1. The van der Waals surface area contributed by atoms with Crippen LogP contribution < -0.4 is 5.56 Å². The van der Waals surface area contributed by atoms with E-state index in [1.165, 1.54) is 11.3 Å². The van der Waals surface area contributed by atoms with Gasteiger partial charge in [0, 0.05) is 31.6 Å². The van der Waals surface area contributed by atoms with Crippen molar-refractivity contribution in [1.82, 2.24) is 20.0 Å². The second-order valence-electron chi connectivity index (χ2n) is 6.37. The molecule has 138 valence electrons. The molecule has 0 atom stereocenters. The Hall–Kier alpha value is -3.00. The molecule has 3 aromatic rings. The van der Waals surface area contributed by atoms with E-state index in [1.54, 1.807) is 28.0 Å². The smallest absolute Gasteiger partial charge is 0.272 e. The van der Waals surface area contributed by atoms with Crippen molar-refractivity contribution in [3.05, 3.63) is 62.7 Å². The number of aromatic nitrogens is 2. The molecule has 7 nitrogen and oxygen atoms in total. The number of thiophene rings is 1. The maximum atomic E-state index is 12.7. The van der Waals surface area contributed by atoms with Crippen molar-refractivity contribution in [1.29, 1.82) is 0 Å². The summed E-state index contributed by atoms with van der Waals surface area (Å²) < 4.78 is 0. The van der Waals surface area contributed by atoms with Gasteiger partial charge in [-0.2, -0.15) is 5.10 Å². The number of nitrogens with zero attached hydrogens (tertiary/aromatic N) is 3. The normalized spacial score (nSPS) is 14.5. The number of carbonyl (C=O) groups is 2. The van der Waals surface area contributed by atoms with Crippen molar-refractivity contribution >= 4 is 33.9 Å². The Morgan fingerprint density at radius 1 is 1.00 bits per heavy atom. The molecule has 1 aromatic carbocycles. The van der Waals surface area contributed by atoms with Gasteiger partial charge >= 0.3 is 0 Å². The van der Waals surface area contributed by atoms with Crippen LogP contribution in [0.1, 0.15) is 15.4 Å². The zero-order valence-corrected chi connectivity index (χ0v) is 15.4. The summed E-state index contributed by atoms with van der Waals surface area (Å²) in [4.78, 5) is 41.2. The zero-order chi connectivity index (χ0) is 18.8. The molecule has 0 aliphatic carbocycles.